The first-order valence-corrected chi connectivity index (χ1v) is 4.13. The Balaban J connectivity index is 2.39. The first-order valence-electron chi connectivity index (χ1n) is 3.19. The second kappa shape index (κ2) is 2.09. The van der Waals surface area contributed by atoms with Crippen LogP contribution < -0.4 is 5.32 Å². The molecule has 2 rings (SSSR count). The fourth-order valence-electron chi connectivity index (χ4n) is 0.994. The van der Waals surface area contributed by atoms with Crippen LogP contribution >= 0.6 is 11.3 Å². The van der Waals surface area contributed by atoms with Crippen LogP contribution in [0, 0.1) is 0 Å². The highest BCUT2D eigenvalue weighted by Crippen LogP contribution is 2.24. The lowest BCUT2D eigenvalue weighted by Gasteiger charge is -2.10. The summed E-state index contributed by atoms with van der Waals surface area (Å²) in [6.07, 6.45) is 0. The normalized spacial score (nSPS) is 15.5. The standard InChI is InChI=1S/C7H8N2S/c1-5-8-2-6-3-10-4-7(6)9-5/h3-4H,2H2,1H3,(H,8,9). The van der Waals surface area contributed by atoms with Gasteiger partial charge in [-0.1, -0.05) is 0 Å². The molecule has 1 aromatic heterocycles. The van der Waals surface area contributed by atoms with Gasteiger partial charge in [0.05, 0.1) is 18.1 Å². The largest absolute Gasteiger partial charge is 0.343 e. The van der Waals surface area contributed by atoms with Crippen molar-refractivity contribution in [2.24, 2.45) is 4.99 Å². The molecule has 10 heavy (non-hydrogen) atoms. The van der Waals surface area contributed by atoms with Gasteiger partial charge in [0, 0.05) is 10.9 Å². The minimum absolute atomic E-state index is 0.845. The van der Waals surface area contributed by atoms with Crippen molar-refractivity contribution in [1.29, 1.82) is 0 Å². The van der Waals surface area contributed by atoms with E-state index in [2.05, 4.69) is 21.1 Å². The molecule has 0 atom stereocenters. The van der Waals surface area contributed by atoms with E-state index in [0.717, 1.165) is 12.4 Å². The molecule has 1 aliphatic rings. The molecule has 2 nitrogen and oxygen atoms in total. The molecule has 1 aromatic rings. The van der Waals surface area contributed by atoms with E-state index in [1.165, 1.54) is 11.3 Å². The summed E-state index contributed by atoms with van der Waals surface area (Å²) in [6, 6.07) is 0. The average Bonchev–Trinajstić information content (AvgIpc) is 2.33. The van der Waals surface area contributed by atoms with Gasteiger partial charge in [-0.2, -0.15) is 0 Å². The van der Waals surface area contributed by atoms with Gasteiger partial charge < -0.3 is 5.32 Å². The van der Waals surface area contributed by atoms with Gasteiger partial charge in [0.1, 0.15) is 0 Å². The number of hydrogen-bond acceptors (Lipinski definition) is 3. The third-order valence-corrected chi connectivity index (χ3v) is 2.34. The molecule has 0 aromatic carbocycles. The van der Waals surface area contributed by atoms with E-state index in [1.807, 2.05) is 6.92 Å². The topological polar surface area (TPSA) is 24.4 Å². The van der Waals surface area contributed by atoms with Crippen LogP contribution in [0.25, 0.3) is 0 Å². The summed E-state index contributed by atoms with van der Waals surface area (Å²) < 4.78 is 0. The zero-order valence-corrected chi connectivity index (χ0v) is 6.53. The predicted molar refractivity (Wildman–Crippen MR) is 44.8 cm³/mol. The molecular weight excluding hydrogens is 144 g/mol. The zero-order chi connectivity index (χ0) is 6.97. The van der Waals surface area contributed by atoms with E-state index >= 15 is 0 Å². The van der Waals surface area contributed by atoms with Gasteiger partial charge in [-0.05, 0) is 12.3 Å². The summed E-state index contributed by atoms with van der Waals surface area (Å²) in [4.78, 5) is 4.26. The minimum atomic E-state index is 0.845. The van der Waals surface area contributed by atoms with Crippen molar-refractivity contribution in [3.05, 3.63) is 16.3 Å². The number of thiophene rings is 1. The van der Waals surface area contributed by atoms with Gasteiger partial charge in [-0.25, -0.2) is 0 Å². The Morgan fingerprint density at radius 3 is 3.40 bits per heavy atom. The molecule has 0 amide bonds. The summed E-state index contributed by atoms with van der Waals surface area (Å²) in [7, 11) is 0. The number of nitrogens with zero attached hydrogens (tertiary/aromatic N) is 1. The van der Waals surface area contributed by atoms with E-state index in [9.17, 15) is 0 Å². The number of nitrogens with one attached hydrogen (secondary N) is 1. The van der Waals surface area contributed by atoms with Gasteiger partial charge >= 0.3 is 0 Å². The quantitative estimate of drug-likeness (QED) is 0.604. The lowest BCUT2D eigenvalue weighted by molar-refractivity contribution is 1.05. The lowest BCUT2D eigenvalue weighted by Crippen LogP contribution is -2.12. The predicted octanol–water partition coefficient (Wildman–Crippen LogP) is 2.09. The Bertz CT molecular complexity index is 275. The van der Waals surface area contributed by atoms with Gasteiger partial charge in [0.25, 0.3) is 0 Å². The van der Waals surface area contributed by atoms with Gasteiger partial charge in [-0.15, -0.1) is 11.3 Å². The molecule has 0 fully saturated rings. The SMILES string of the molecule is CC1=NCc2cscc2N1. The number of rotatable bonds is 0. The molecule has 3 heteroatoms. The van der Waals surface area contributed by atoms with Crippen molar-refractivity contribution in [2.45, 2.75) is 13.5 Å². The smallest absolute Gasteiger partial charge is 0.0980 e. The second-order valence-corrected chi connectivity index (χ2v) is 3.08. The molecule has 0 saturated heterocycles. The first-order chi connectivity index (χ1) is 4.86. The molecule has 2 heterocycles. The zero-order valence-electron chi connectivity index (χ0n) is 5.72. The van der Waals surface area contributed by atoms with Gasteiger partial charge in [-0.3, -0.25) is 4.99 Å². The summed E-state index contributed by atoms with van der Waals surface area (Å²) in [5.74, 6) is 1.02. The Morgan fingerprint density at radius 2 is 2.50 bits per heavy atom. The molecule has 0 radical (unpaired) electrons. The van der Waals surface area contributed by atoms with Gasteiger partial charge in [0.15, 0.2) is 0 Å². The molecule has 0 aliphatic carbocycles. The Hall–Kier alpha value is -0.830. The molecular formula is C7H8N2S. The molecule has 1 N–H and O–H groups in total. The van der Waals surface area contributed by atoms with E-state index in [-0.39, 0.29) is 0 Å². The van der Waals surface area contributed by atoms with Crippen molar-refractivity contribution in [1.82, 2.24) is 0 Å². The maximum atomic E-state index is 4.26. The molecule has 0 unspecified atom stereocenters. The third kappa shape index (κ3) is 0.827. The van der Waals surface area contributed by atoms with Crippen LogP contribution in [-0.4, -0.2) is 5.84 Å². The van der Waals surface area contributed by atoms with Crippen molar-refractivity contribution >= 4 is 22.9 Å². The highest BCUT2D eigenvalue weighted by Gasteiger charge is 2.07. The highest BCUT2D eigenvalue weighted by molar-refractivity contribution is 7.08. The highest BCUT2D eigenvalue weighted by atomic mass is 32.1. The minimum Gasteiger partial charge on any atom is -0.343 e. The monoisotopic (exact) mass is 152 g/mol. The number of hydrogen-bond donors (Lipinski definition) is 1. The fraction of sp³-hybridized carbons (Fsp3) is 0.286. The van der Waals surface area contributed by atoms with Crippen molar-refractivity contribution in [3.8, 4) is 0 Å². The van der Waals surface area contributed by atoms with Crippen LogP contribution in [0.4, 0.5) is 5.69 Å². The summed E-state index contributed by atoms with van der Waals surface area (Å²) >= 11 is 1.72. The molecule has 0 saturated carbocycles. The van der Waals surface area contributed by atoms with E-state index < -0.39 is 0 Å². The third-order valence-electron chi connectivity index (χ3n) is 1.54. The van der Waals surface area contributed by atoms with Crippen LogP contribution in [0.3, 0.4) is 0 Å². The first kappa shape index (κ1) is 5.92. The van der Waals surface area contributed by atoms with E-state index in [1.54, 1.807) is 11.3 Å². The van der Waals surface area contributed by atoms with Gasteiger partial charge in [0.2, 0.25) is 0 Å². The summed E-state index contributed by atoms with van der Waals surface area (Å²) in [5, 5.41) is 7.46. The Kier molecular flexibility index (Phi) is 1.24. The molecule has 0 spiro atoms. The van der Waals surface area contributed by atoms with Crippen LogP contribution in [0.5, 0.6) is 0 Å². The average molecular weight is 152 g/mol. The van der Waals surface area contributed by atoms with Crippen molar-refractivity contribution < 1.29 is 0 Å². The van der Waals surface area contributed by atoms with E-state index in [0.29, 0.717) is 0 Å². The lowest BCUT2D eigenvalue weighted by atomic mass is 10.2. The maximum absolute atomic E-state index is 4.26. The number of amidine groups is 1. The fourth-order valence-corrected chi connectivity index (χ4v) is 1.77. The van der Waals surface area contributed by atoms with E-state index in [4.69, 9.17) is 0 Å². The number of aliphatic imine (C=N–C) groups is 1. The summed E-state index contributed by atoms with van der Waals surface area (Å²) in [6.45, 7) is 2.83. The molecule has 1 aliphatic heterocycles. The maximum Gasteiger partial charge on any atom is 0.0980 e. The molecule has 0 bridgehead atoms. The van der Waals surface area contributed by atoms with Crippen LogP contribution in [0.15, 0.2) is 15.8 Å². The van der Waals surface area contributed by atoms with Crippen molar-refractivity contribution in [3.63, 3.8) is 0 Å². The van der Waals surface area contributed by atoms with Crippen molar-refractivity contribution in [2.75, 3.05) is 5.32 Å². The Labute approximate surface area is 63.6 Å². The number of fused-ring (bicyclic) bond motifs is 1. The number of anilines is 1. The second-order valence-electron chi connectivity index (χ2n) is 2.34. The Morgan fingerprint density at radius 1 is 1.60 bits per heavy atom. The van der Waals surface area contributed by atoms with Crippen LogP contribution in [0.2, 0.25) is 0 Å². The van der Waals surface area contributed by atoms with Crippen LogP contribution in [-0.2, 0) is 6.54 Å². The molecule has 52 valence electrons. The summed E-state index contributed by atoms with van der Waals surface area (Å²) in [5.41, 5.74) is 2.55. The van der Waals surface area contributed by atoms with Crippen LogP contribution in [0.1, 0.15) is 12.5 Å².